The molecule has 0 N–H and O–H groups in total. The van der Waals surface area contributed by atoms with E-state index in [1.165, 1.54) is 6.07 Å². The summed E-state index contributed by atoms with van der Waals surface area (Å²) in [6.07, 6.45) is 0. The molecule has 0 unspecified atom stereocenters. The van der Waals surface area contributed by atoms with Crippen LogP contribution in [0.2, 0.25) is 5.02 Å². The molecule has 106 valence electrons. The molecule has 0 saturated heterocycles. The van der Waals surface area contributed by atoms with Crippen LogP contribution in [0.25, 0.3) is 0 Å². The Morgan fingerprint density at radius 3 is 2.65 bits per heavy atom. The molecule has 5 heteroatoms. The maximum Gasteiger partial charge on any atom is 0.161 e. The number of ether oxygens (including phenoxy) is 2. The lowest BCUT2D eigenvalue weighted by Gasteiger charge is -2.12. The van der Waals surface area contributed by atoms with Crippen LogP contribution in [0.5, 0.6) is 11.5 Å². The third-order valence-corrected chi connectivity index (χ3v) is 3.40. The zero-order valence-electron chi connectivity index (χ0n) is 10.8. The summed E-state index contributed by atoms with van der Waals surface area (Å²) < 4.78 is 24.6. The van der Waals surface area contributed by atoms with Crippen LogP contribution in [0.15, 0.2) is 36.4 Å². The first kappa shape index (κ1) is 14.9. The third-order valence-electron chi connectivity index (χ3n) is 2.80. The van der Waals surface area contributed by atoms with Gasteiger partial charge in [0, 0.05) is 11.4 Å². The average molecular weight is 315 g/mol. The number of benzene rings is 2. The average Bonchev–Trinajstić information content (AvgIpc) is 2.48. The van der Waals surface area contributed by atoms with Crippen LogP contribution in [-0.2, 0) is 12.5 Å². The lowest BCUT2D eigenvalue weighted by molar-refractivity contribution is 0.279. The van der Waals surface area contributed by atoms with Gasteiger partial charge >= 0.3 is 0 Å². The molecule has 0 aromatic heterocycles. The maximum absolute atomic E-state index is 13.7. The molecule has 2 aromatic carbocycles. The van der Waals surface area contributed by atoms with Crippen LogP contribution >= 0.6 is 23.2 Å². The minimum Gasteiger partial charge on any atom is -0.493 e. The topological polar surface area (TPSA) is 18.5 Å². The van der Waals surface area contributed by atoms with Gasteiger partial charge < -0.3 is 9.47 Å². The van der Waals surface area contributed by atoms with Crippen molar-refractivity contribution in [3.05, 3.63) is 58.4 Å². The Bertz CT molecular complexity index is 602. The minimum atomic E-state index is -0.467. The molecule has 0 aliphatic carbocycles. The van der Waals surface area contributed by atoms with Crippen LogP contribution in [0.3, 0.4) is 0 Å². The molecule has 2 rings (SSSR count). The van der Waals surface area contributed by atoms with E-state index in [0.717, 1.165) is 5.56 Å². The van der Waals surface area contributed by atoms with Crippen molar-refractivity contribution in [3.63, 3.8) is 0 Å². The van der Waals surface area contributed by atoms with Crippen molar-refractivity contribution in [2.24, 2.45) is 0 Å². The molecule has 0 saturated carbocycles. The molecular weight excluding hydrogens is 302 g/mol. The molecule has 0 radical (unpaired) electrons. The van der Waals surface area contributed by atoms with Crippen molar-refractivity contribution in [2.75, 3.05) is 7.11 Å². The summed E-state index contributed by atoms with van der Waals surface area (Å²) in [7, 11) is 1.54. The Balaban J connectivity index is 2.16. The SMILES string of the molecule is COc1cc(CCl)ccc1OCc1cccc(Cl)c1F. The smallest absolute Gasteiger partial charge is 0.161 e. The van der Waals surface area contributed by atoms with Gasteiger partial charge in [-0.3, -0.25) is 0 Å². The van der Waals surface area contributed by atoms with Gasteiger partial charge in [0.25, 0.3) is 0 Å². The largest absolute Gasteiger partial charge is 0.493 e. The highest BCUT2D eigenvalue weighted by molar-refractivity contribution is 6.30. The van der Waals surface area contributed by atoms with Gasteiger partial charge in [0.15, 0.2) is 11.5 Å². The summed E-state index contributed by atoms with van der Waals surface area (Å²) in [6.45, 7) is 0.0724. The molecule has 0 spiro atoms. The summed E-state index contributed by atoms with van der Waals surface area (Å²) in [5.41, 5.74) is 1.31. The molecule has 20 heavy (non-hydrogen) atoms. The fourth-order valence-corrected chi connectivity index (χ4v) is 2.09. The summed E-state index contributed by atoms with van der Waals surface area (Å²) >= 11 is 11.5. The van der Waals surface area contributed by atoms with E-state index in [-0.39, 0.29) is 11.6 Å². The van der Waals surface area contributed by atoms with E-state index < -0.39 is 5.82 Å². The van der Waals surface area contributed by atoms with Gasteiger partial charge in [0.1, 0.15) is 12.4 Å². The second-order valence-corrected chi connectivity index (χ2v) is 4.79. The molecule has 0 fully saturated rings. The number of methoxy groups -OCH3 is 1. The second kappa shape index (κ2) is 6.82. The van der Waals surface area contributed by atoms with Crippen molar-refractivity contribution in [3.8, 4) is 11.5 Å². The van der Waals surface area contributed by atoms with Crippen LogP contribution in [0, 0.1) is 5.82 Å². The predicted octanol–water partition coefficient (Wildman–Crippen LogP) is 4.81. The van der Waals surface area contributed by atoms with E-state index >= 15 is 0 Å². The van der Waals surface area contributed by atoms with Crippen molar-refractivity contribution >= 4 is 23.2 Å². The van der Waals surface area contributed by atoms with Crippen LogP contribution < -0.4 is 9.47 Å². The molecular formula is C15H13Cl2FO2. The number of hydrogen-bond acceptors (Lipinski definition) is 2. The first-order valence-corrected chi connectivity index (χ1v) is 6.85. The molecule has 0 heterocycles. The van der Waals surface area contributed by atoms with E-state index in [2.05, 4.69) is 0 Å². The summed E-state index contributed by atoms with van der Waals surface area (Å²) in [4.78, 5) is 0. The standard InChI is InChI=1S/C15H13Cl2FO2/c1-19-14-7-10(8-16)5-6-13(14)20-9-11-3-2-4-12(17)15(11)18/h2-7H,8-9H2,1H3. The summed E-state index contributed by atoms with van der Waals surface area (Å²) in [5.74, 6) is 1.01. The van der Waals surface area contributed by atoms with Gasteiger partial charge in [-0.2, -0.15) is 0 Å². The molecule has 2 nitrogen and oxygen atoms in total. The van der Waals surface area contributed by atoms with Gasteiger partial charge in [0.05, 0.1) is 12.1 Å². The lowest BCUT2D eigenvalue weighted by Crippen LogP contribution is -2.00. The van der Waals surface area contributed by atoms with Crippen molar-refractivity contribution in [1.82, 2.24) is 0 Å². The Labute approximate surface area is 127 Å². The van der Waals surface area contributed by atoms with E-state index in [4.69, 9.17) is 32.7 Å². The highest BCUT2D eigenvalue weighted by Crippen LogP contribution is 2.30. The number of rotatable bonds is 5. The van der Waals surface area contributed by atoms with Crippen LogP contribution in [-0.4, -0.2) is 7.11 Å². The normalized spacial score (nSPS) is 10.4. The summed E-state index contributed by atoms with van der Waals surface area (Å²) in [6, 6.07) is 10.2. The number of halogens is 3. The van der Waals surface area contributed by atoms with E-state index in [0.29, 0.717) is 22.9 Å². The molecule has 0 bridgehead atoms. The molecule has 0 atom stereocenters. The third kappa shape index (κ3) is 3.35. The zero-order valence-corrected chi connectivity index (χ0v) is 12.3. The van der Waals surface area contributed by atoms with E-state index in [1.54, 1.807) is 31.4 Å². The second-order valence-electron chi connectivity index (χ2n) is 4.12. The quantitative estimate of drug-likeness (QED) is 0.738. The molecule has 0 aliphatic rings. The highest BCUT2D eigenvalue weighted by atomic mass is 35.5. The first-order chi connectivity index (χ1) is 9.65. The zero-order chi connectivity index (χ0) is 14.5. The Morgan fingerprint density at radius 1 is 1.15 bits per heavy atom. The molecule has 2 aromatic rings. The van der Waals surface area contributed by atoms with Crippen molar-refractivity contribution < 1.29 is 13.9 Å². The van der Waals surface area contributed by atoms with Crippen LogP contribution in [0.1, 0.15) is 11.1 Å². The Hall–Kier alpha value is -1.45. The maximum atomic E-state index is 13.7. The van der Waals surface area contributed by atoms with Gasteiger partial charge in [-0.1, -0.05) is 29.8 Å². The molecule has 0 aliphatic heterocycles. The minimum absolute atomic E-state index is 0.0724. The number of hydrogen-bond donors (Lipinski definition) is 0. The van der Waals surface area contributed by atoms with Crippen molar-refractivity contribution in [2.45, 2.75) is 12.5 Å². The van der Waals surface area contributed by atoms with Gasteiger partial charge in [-0.25, -0.2) is 4.39 Å². The number of alkyl halides is 1. The van der Waals surface area contributed by atoms with E-state index in [1.807, 2.05) is 6.07 Å². The van der Waals surface area contributed by atoms with Gasteiger partial charge in [0.2, 0.25) is 0 Å². The van der Waals surface area contributed by atoms with Crippen LogP contribution in [0.4, 0.5) is 4.39 Å². The Kier molecular flexibility index (Phi) is 5.10. The lowest BCUT2D eigenvalue weighted by atomic mass is 10.2. The first-order valence-electron chi connectivity index (χ1n) is 5.94. The van der Waals surface area contributed by atoms with Gasteiger partial charge in [-0.05, 0) is 23.8 Å². The van der Waals surface area contributed by atoms with Crippen molar-refractivity contribution in [1.29, 1.82) is 0 Å². The monoisotopic (exact) mass is 314 g/mol. The fraction of sp³-hybridized carbons (Fsp3) is 0.200. The molecule has 0 amide bonds. The highest BCUT2D eigenvalue weighted by Gasteiger charge is 2.09. The van der Waals surface area contributed by atoms with Gasteiger partial charge in [-0.15, -0.1) is 11.6 Å². The predicted molar refractivity (Wildman–Crippen MR) is 78.3 cm³/mol. The fourth-order valence-electron chi connectivity index (χ4n) is 1.73. The Morgan fingerprint density at radius 2 is 1.95 bits per heavy atom. The van der Waals surface area contributed by atoms with E-state index in [9.17, 15) is 4.39 Å². The summed E-state index contributed by atoms with van der Waals surface area (Å²) in [5, 5.41) is 0.0792.